The molecular weight excluding hydrogens is 212 g/mol. The van der Waals surface area contributed by atoms with Gasteiger partial charge in [0.05, 0.1) is 7.11 Å². The first kappa shape index (κ1) is 11.5. The Morgan fingerprint density at radius 1 is 1.12 bits per heavy atom. The summed E-state index contributed by atoms with van der Waals surface area (Å²) in [7, 11) is 1.66. The Bertz CT molecular complexity index is 589. The molecule has 2 nitrogen and oxygen atoms in total. The van der Waals surface area contributed by atoms with E-state index >= 15 is 0 Å². The van der Waals surface area contributed by atoms with E-state index in [1.165, 1.54) is 0 Å². The minimum atomic E-state index is -0.596. The van der Waals surface area contributed by atoms with Crippen LogP contribution in [0, 0.1) is 11.8 Å². The minimum absolute atomic E-state index is 0.596. The molecule has 0 amide bonds. The van der Waals surface area contributed by atoms with Gasteiger partial charge in [-0.15, -0.1) is 0 Å². The van der Waals surface area contributed by atoms with Gasteiger partial charge in [0, 0.05) is 5.56 Å². The van der Waals surface area contributed by atoms with Gasteiger partial charge in [-0.25, -0.2) is 0 Å². The Hall–Kier alpha value is -1.98. The van der Waals surface area contributed by atoms with Gasteiger partial charge in [-0.2, -0.15) is 0 Å². The third kappa shape index (κ3) is 2.77. The molecule has 1 unspecified atom stereocenters. The number of hydrogen-bond acceptors (Lipinski definition) is 2. The molecule has 0 radical (unpaired) electrons. The van der Waals surface area contributed by atoms with E-state index in [1.54, 1.807) is 14.0 Å². The summed E-state index contributed by atoms with van der Waals surface area (Å²) in [4.78, 5) is 0. The highest BCUT2D eigenvalue weighted by Gasteiger charge is 1.97. The normalized spacial score (nSPS) is 11.7. The molecule has 0 heterocycles. The average Bonchev–Trinajstić information content (AvgIpc) is 2.35. The van der Waals surface area contributed by atoms with E-state index in [-0.39, 0.29) is 0 Å². The Kier molecular flexibility index (Phi) is 3.32. The number of ether oxygens (including phenoxy) is 1. The Balaban J connectivity index is 2.42. The van der Waals surface area contributed by atoms with Crippen molar-refractivity contribution in [2.45, 2.75) is 13.0 Å². The van der Waals surface area contributed by atoms with Gasteiger partial charge >= 0.3 is 0 Å². The van der Waals surface area contributed by atoms with E-state index in [1.807, 2.05) is 36.4 Å². The molecule has 86 valence electrons. The Morgan fingerprint density at radius 3 is 2.53 bits per heavy atom. The predicted octanol–water partition coefficient (Wildman–Crippen LogP) is 2.58. The Morgan fingerprint density at radius 2 is 1.82 bits per heavy atom. The molecule has 0 saturated carbocycles. The number of fused-ring (bicyclic) bond motifs is 1. The molecule has 2 aromatic carbocycles. The highest BCUT2D eigenvalue weighted by atomic mass is 16.5. The molecule has 2 rings (SSSR count). The minimum Gasteiger partial charge on any atom is -0.497 e. The van der Waals surface area contributed by atoms with Crippen LogP contribution in [0.25, 0.3) is 10.8 Å². The van der Waals surface area contributed by atoms with Crippen molar-refractivity contribution in [1.82, 2.24) is 0 Å². The van der Waals surface area contributed by atoms with Gasteiger partial charge < -0.3 is 9.84 Å². The van der Waals surface area contributed by atoms with Crippen molar-refractivity contribution < 1.29 is 9.84 Å². The van der Waals surface area contributed by atoms with Gasteiger partial charge in [-0.1, -0.05) is 24.0 Å². The van der Waals surface area contributed by atoms with Gasteiger partial charge in [0.15, 0.2) is 0 Å². The van der Waals surface area contributed by atoms with Crippen LogP contribution in [0.4, 0.5) is 0 Å². The highest BCUT2D eigenvalue weighted by Crippen LogP contribution is 2.21. The zero-order valence-corrected chi connectivity index (χ0v) is 9.90. The molecule has 1 N–H and O–H groups in total. The van der Waals surface area contributed by atoms with E-state index in [9.17, 15) is 0 Å². The van der Waals surface area contributed by atoms with Crippen molar-refractivity contribution >= 4 is 10.8 Å². The predicted molar refractivity (Wildman–Crippen MR) is 69.1 cm³/mol. The lowest BCUT2D eigenvalue weighted by molar-refractivity contribution is 0.253. The third-order valence-electron chi connectivity index (χ3n) is 2.47. The lowest BCUT2D eigenvalue weighted by Gasteiger charge is -2.02. The Labute approximate surface area is 101 Å². The number of aliphatic hydroxyl groups excluding tert-OH is 1. The maximum atomic E-state index is 9.11. The second-order valence-corrected chi connectivity index (χ2v) is 3.87. The maximum absolute atomic E-state index is 9.11. The van der Waals surface area contributed by atoms with Crippen LogP contribution >= 0.6 is 0 Å². The van der Waals surface area contributed by atoms with Crippen LogP contribution in [0.2, 0.25) is 0 Å². The van der Waals surface area contributed by atoms with Gasteiger partial charge in [-0.3, -0.25) is 0 Å². The number of benzene rings is 2. The first-order chi connectivity index (χ1) is 8.19. The summed E-state index contributed by atoms with van der Waals surface area (Å²) in [6, 6.07) is 11.9. The fraction of sp³-hybridized carbons (Fsp3) is 0.200. The molecule has 0 spiro atoms. The van der Waals surface area contributed by atoms with Crippen LogP contribution in [-0.4, -0.2) is 18.3 Å². The van der Waals surface area contributed by atoms with Crippen molar-refractivity contribution in [3.63, 3.8) is 0 Å². The summed E-state index contributed by atoms with van der Waals surface area (Å²) in [5.41, 5.74) is 0.906. The molecular formula is C15H14O2. The van der Waals surface area contributed by atoms with E-state index < -0.39 is 6.10 Å². The second kappa shape index (κ2) is 4.90. The van der Waals surface area contributed by atoms with E-state index in [4.69, 9.17) is 9.84 Å². The van der Waals surface area contributed by atoms with Crippen LogP contribution in [-0.2, 0) is 0 Å². The molecule has 0 aliphatic carbocycles. The molecule has 0 bridgehead atoms. The van der Waals surface area contributed by atoms with Gasteiger partial charge in [0.25, 0.3) is 0 Å². The second-order valence-electron chi connectivity index (χ2n) is 3.87. The quantitative estimate of drug-likeness (QED) is 0.757. The summed E-state index contributed by atoms with van der Waals surface area (Å²) in [5, 5.41) is 11.3. The lowest BCUT2D eigenvalue weighted by Crippen LogP contribution is -1.92. The molecule has 2 aromatic rings. The number of aliphatic hydroxyl groups is 1. The fourth-order valence-electron chi connectivity index (χ4n) is 1.62. The summed E-state index contributed by atoms with van der Waals surface area (Å²) in [6.07, 6.45) is -0.596. The molecule has 0 aliphatic heterocycles. The van der Waals surface area contributed by atoms with Crippen LogP contribution in [0.15, 0.2) is 36.4 Å². The monoisotopic (exact) mass is 226 g/mol. The number of hydrogen-bond donors (Lipinski definition) is 1. The first-order valence-corrected chi connectivity index (χ1v) is 5.46. The van der Waals surface area contributed by atoms with E-state index in [0.717, 1.165) is 22.1 Å². The van der Waals surface area contributed by atoms with Gasteiger partial charge in [0.2, 0.25) is 0 Å². The zero-order chi connectivity index (χ0) is 12.3. The van der Waals surface area contributed by atoms with Crippen molar-refractivity contribution in [2.75, 3.05) is 7.11 Å². The van der Waals surface area contributed by atoms with Crippen molar-refractivity contribution in [2.24, 2.45) is 0 Å². The van der Waals surface area contributed by atoms with E-state index in [2.05, 4.69) is 11.8 Å². The number of methoxy groups -OCH3 is 1. The summed E-state index contributed by atoms with van der Waals surface area (Å²) >= 11 is 0. The highest BCUT2D eigenvalue weighted by molar-refractivity contribution is 5.85. The van der Waals surface area contributed by atoms with Crippen LogP contribution in [0.5, 0.6) is 5.75 Å². The molecule has 0 saturated heterocycles. The molecule has 2 heteroatoms. The average molecular weight is 226 g/mol. The first-order valence-electron chi connectivity index (χ1n) is 5.46. The smallest absolute Gasteiger partial charge is 0.119 e. The maximum Gasteiger partial charge on any atom is 0.119 e. The van der Waals surface area contributed by atoms with Crippen LogP contribution < -0.4 is 4.74 Å². The summed E-state index contributed by atoms with van der Waals surface area (Å²) in [6.45, 7) is 1.65. The zero-order valence-electron chi connectivity index (χ0n) is 9.90. The third-order valence-corrected chi connectivity index (χ3v) is 2.47. The number of rotatable bonds is 1. The van der Waals surface area contributed by atoms with E-state index in [0.29, 0.717) is 0 Å². The van der Waals surface area contributed by atoms with Gasteiger partial charge in [0.1, 0.15) is 11.9 Å². The molecule has 0 aromatic heterocycles. The summed E-state index contributed by atoms with van der Waals surface area (Å²) in [5.74, 6) is 6.51. The van der Waals surface area contributed by atoms with Crippen molar-refractivity contribution in [1.29, 1.82) is 0 Å². The molecule has 0 fully saturated rings. The van der Waals surface area contributed by atoms with Crippen molar-refractivity contribution in [3.05, 3.63) is 42.0 Å². The standard InChI is InChI=1S/C15H14O2/c1-11(16)3-4-12-5-6-14-10-15(17-2)8-7-13(14)9-12/h5-11,16H,1-2H3. The van der Waals surface area contributed by atoms with Crippen LogP contribution in [0.1, 0.15) is 12.5 Å². The largest absolute Gasteiger partial charge is 0.497 e. The molecule has 1 atom stereocenters. The van der Waals surface area contributed by atoms with Gasteiger partial charge in [-0.05, 0) is 42.0 Å². The van der Waals surface area contributed by atoms with Crippen molar-refractivity contribution in [3.8, 4) is 17.6 Å². The summed E-state index contributed by atoms with van der Waals surface area (Å²) < 4.78 is 5.17. The molecule has 0 aliphatic rings. The fourth-order valence-corrected chi connectivity index (χ4v) is 1.62. The topological polar surface area (TPSA) is 29.5 Å². The molecule has 17 heavy (non-hydrogen) atoms. The SMILES string of the molecule is COc1ccc2cc(C#CC(C)O)ccc2c1. The van der Waals surface area contributed by atoms with Crippen LogP contribution in [0.3, 0.4) is 0 Å². The lowest BCUT2D eigenvalue weighted by atomic mass is 10.1.